The van der Waals surface area contributed by atoms with Crippen molar-refractivity contribution in [2.45, 2.75) is 26.8 Å². The zero-order valence-corrected chi connectivity index (χ0v) is 13.2. The molecule has 0 N–H and O–H groups in total. The SMILES string of the molecule is COc1cccc2c1CCN(c1cc(C)nc(C)c1C#N)C2. The van der Waals surface area contributed by atoms with Crippen LogP contribution < -0.4 is 9.64 Å². The van der Waals surface area contributed by atoms with E-state index in [2.05, 4.69) is 22.0 Å². The summed E-state index contributed by atoms with van der Waals surface area (Å²) in [5.74, 6) is 0.958. The van der Waals surface area contributed by atoms with Crippen molar-refractivity contribution in [1.82, 2.24) is 4.98 Å². The molecule has 1 aliphatic rings. The van der Waals surface area contributed by atoms with Gasteiger partial charge in [-0.15, -0.1) is 0 Å². The van der Waals surface area contributed by atoms with Gasteiger partial charge in [-0.2, -0.15) is 5.26 Å². The number of ether oxygens (including phenoxy) is 1. The van der Waals surface area contributed by atoms with Gasteiger partial charge in [-0.05, 0) is 38.0 Å². The van der Waals surface area contributed by atoms with Crippen LogP contribution in [0.2, 0.25) is 0 Å². The summed E-state index contributed by atoms with van der Waals surface area (Å²) < 4.78 is 5.46. The highest BCUT2D eigenvalue weighted by molar-refractivity contribution is 5.63. The predicted molar refractivity (Wildman–Crippen MR) is 86.2 cm³/mol. The summed E-state index contributed by atoms with van der Waals surface area (Å²) in [6.45, 7) is 5.55. The number of benzene rings is 1. The second kappa shape index (κ2) is 5.69. The smallest absolute Gasteiger partial charge is 0.122 e. The molecule has 0 fully saturated rings. The van der Waals surface area contributed by atoms with Gasteiger partial charge in [0.2, 0.25) is 0 Å². The molecule has 2 aromatic rings. The van der Waals surface area contributed by atoms with Crippen molar-refractivity contribution in [3.63, 3.8) is 0 Å². The quantitative estimate of drug-likeness (QED) is 0.853. The molecule has 0 radical (unpaired) electrons. The summed E-state index contributed by atoms with van der Waals surface area (Å²) in [6.07, 6.45) is 0.921. The number of nitrogens with zero attached hydrogens (tertiary/aromatic N) is 3. The predicted octanol–water partition coefficient (Wildman–Crippen LogP) is 3.14. The molecular formula is C18H19N3O. The fourth-order valence-corrected chi connectivity index (χ4v) is 3.17. The minimum Gasteiger partial charge on any atom is -0.496 e. The maximum absolute atomic E-state index is 9.46. The van der Waals surface area contributed by atoms with Crippen LogP contribution in [-0.2, 0) is 13.0 Å². The Labute approximate surface area is 131 Å². The van der Waals surface area contributed by atoms with Crippen molar-refractivity contribution in [2.75, 3.05) is 18.6 Å². The molecule has 1 aromatic heterocycles. The minimum atomic E-state index is 0.678. The monoisotopic (exact) mass is 293 g/mol. The number of hydrogen-bond donors (Lipinski definition) is 0. The first-order chi connectivity index (χ1) is 10.6. The van der Waals surface area contributed by atoms with Gasteiger partial charge in [0.05, 0.1) is 24.1 Å². The first-order valence-electron chi connectivity index (χ1n) is 7.42. The number of aryl methyl sites for hydroxylation is 2. The Morgan fingerprint density at radius 1 is 1.32 bits per heavy atom. The van der Waals surface area contributed by atoms with Crippen molar-refractivity contribution in [1.29, 1.82) is 5.26 Å². The number of aromatic nitrogens is 1. The summed E-state index contributed by atoms with van der Waals surface area (Å²) in [5.41, 5.74) is 5.96. The van der Waals surface area contributed by atoms with Gasteiger partial charge in [0.15, 0.2) is 0 Å². The number of methoxy groups -OCH3 is 1. The van der Waals surface area contributed by atoms with Crippen molar-refractivity contribution in [2.24, 2.45) is 0 Å². The molecule has 1 aromatic carbocycles. The van der Waals surface area contributed by atoms with Crippen LogP contribution in [0.5, 0.6) is 5.75 Å². The molecule has 1 aliphatic heterocycles. The summed E-state index contributed by atoms with van der Waals surface area (Å²) in [6, 6.07) is 10.5. The first kappa shape index (κ1) is 14.4. The average molecular weight is 293 g/mol. The van der Waals surface area contributed by atoms with Gasteiger partial charge in [-0.25, -0.2) is 0 Å². The Hall–Kier alpha value is -2.54. The first-order valence-corrected chi connectivity index (χ1v) is 7.42. The molecule has 112 valence electrons. The Bertz CT molecular complexity index is 762. The average Bonchev–Trinajstić information content (AvgIpc) is 2.53. The van der Waals surface area contributed by atoms with Crippen LogP contribution >= 0.6 is 0 Å². The molecule has 0 amide bonds. The lowest BCUT2D eigenvalue weighted by atomic mass is 9.97. The molecule has 3 rings (SSSR count). The van der Waals surface area contributed by atoms with Crippen LogP contribution in [0.4, 0.5) is 5.69 Å². The van der Waals surface area contributed by atoms with E-state index in [1.54, 1.807) is 7.11 Å². The van der Waals surface area contributed by atoms with E-state index in [1.807, 2.05) is 32.0 Å². The van der Waals surface area contributed by atoms with E-state index in [1.165, 1.54) is 11.1 Å². The van der Waals surface area contributed by atoms with Crippen molar-refractivity contribution >= 4 is 5.69 Å². The van der Waals surface area contributed by atoms with Gasteiger partial charge in [0.1, 0.15) is 11.8 Å². The Morgan fingerprint density at radius 2 is 2.14 bits per heavy atom. The van der Waals surface area contributed by atoms with E-state index in [0.717, 1.165) is 42.3 Å². The molecule has 4 heteroatoms. The number of fused-ring (bicyclic) bond motifs is 1. The minimum absolute atomic E-state index is 0.678. The molecule has 22 heavy (non-hydrogen) atoms. The second-order valence-corrected chi connectivity index (χ2v) is 5.62. The molecule has 0 atom stereocenters. The fraction of sp³-hybridized carbons (Fsp3) is 0.333. The molecule has 4 nitrogen and oxygen atoms in total. The van der Waals surface area contributed by atoms with Crippen LogP contribution in [0.15, 0.2) is 24.3 Å². The summed E-state index contributed by atoms with van der Waals surface area (Å²) in [4.78, 5) is 6.67. The summed E-state index contributed by atoms with van der Waals surface area (Å²) in [7, 11) is 1.71. The Balaban J connectivity index is 2.01. The van der Waals surface area contributed by atoms with Crippen molar-refractivity contribution < 1.29 is 4.74 Å². The number of pyridine rings is 1. The Morgan fingerprint density at radius 3 is 2.86 bits per heavy atom. The lowest BCUT2D eigenvalue weighted by Crippen LogP contribution is -2.31. The van der Waals surface area contributed by atoms with Crippen LogP contribution in [0.1, 0.15) is 28.1 Å². The van der Waals surface area contributed by atoms with Gasteiger partial charge < -0.3 is 9.64 Å². The van der Waals surface area contributed by atoms with E-state index in [9.17, 15) is 5.26 Å². The van der Waals surface area contributed by atoms with Crippen LogP contribution in [0, 0.1) is 25.2 Å². The van der Waals surface area contributed by atoms with E-state index >= 15 is 0 Å². The fourth-order valence-electron chi connectivity index (χ4n) is 3.17. The maximum atomic E-state index is 9.46. The van der Waals surface area contributed by atoms with Crippen molar-refractivity contribution in [3.05, 3.63) is 52.3 Å². The number of anilines is 1. The third kappa shape index (κ3) is 2.39. The Kier molecular flexibility index (Phi) is 3.72. The van der Waals surface area contributed by atoms with Gasteiger partial charge in [0.25, 0.3) is 0 Å². The van der Waals surface area contributed by atoms with Crippen molar-refractivity contribution in [3.8, 4) is 11.8 Å². The standard InChI is InChI=1S/C18H19N3O/c1-12-9-17(16(10-19)13(2)20-12)21-8-7-15-14(11-21)5-4-6-18(15)22-3/h4-6,9H,7-8,11H2,1-3H3. The van der Waals surface area contributed by atoms with Crippen LogP contribution in [0.3, 0.4) is 0 Å². The third-order valence-corrected chi connectivity index (χ3v) is 4.20. The zero-order valence-electron chi connectivity index (χ0n) is 13.2. The summed E-state index contributed by atoms with van der Waals surface area (Å²) >= 11 is 0. The molecular weight excluding hydrogens is 274 g/mol. The molecule has 0 unspecified atom stereocenters. The third-order valence-electron chi connectivity index (χ3n) is 4.20. The summed E-state index contributed by atoms with van der Waals surface area (Å²) in [5, 5.41) is 9.46. The largest absolute Gasteiger partial charge is 0.496 e. The molecule has 0 bridgehead atoms. The van der Waals surface area contributed by atoms with E-state index in [4.69, 9.17) is 4.74 Å². The zero-order chi connectivity index (χ0) is 15.7. The van der Waals surface area contributed by atoms with E-state index < -0.39 is 0 Å². The molecule has 0 aliphatic carbocycles. The van der Waals surface area contributed by atoms with E-state index in [0.29, 0.717) is 5.56 Å². The topological polar surface area (TPSA) is 49.1 Å². The highest BCUT2D eigenvalue weighted by atomic mass is 16.5. The lowest BCUT2D eigenvalue weighted by molar-refractivity contribution is 0.407. The van der Waals surface area contributed by atoms with E-state index in [-0.39, 0.29) is 0 Å². The number of hydrogen-bond acceptors (Lipinski definition) is 4. The number of nitriles is 1. The molecule has 0 saturated heterocycles. The van der Waals surface area contributed by atoms with Crippen LogP contribution in [-0.4, -0.2) is 18.6 Å². The highest BCUT2D eigenvalue weighted by Gasteiger charge is 2.22. The van der Waals surface area contributed by atoms with Gasteiger partial charge >= 0.3 is 0 Å². The molecule has 0 saturated carbocycles. The van der Waals surface area contributed by atoms with Crippen LogP contribution in [0.25, 0.3) is 0 Å². The van der Waals surface area contributed by atoms with Gasteiger partial charge in [-0.1, -0.05) is 12.1 Å². The highest BCUT2D eigenvalue weighted by Crippen LogP contribution is 2.32. The molecule has 0 spiro atoms. The lowest BCUT2D eigenvalue weighted by Gasteiger charge is -2.32. The number of rotatable bonds is 2. The molecule has 2 heterocycles. The normalized spacial score (nSPS) is 13.5. The van der Waals surface area contributed by atoms with Gasteiger partial charge in [-0.3, -0.25) is 4.98 Å². The maximum Gasteiger partial charge on any atom is 0.122 e. The second-order valence-electron chi connectivity index (χ2n) is 5.62. The van der Waals surface area contributed by atoms with Gasteiger partial charge in [0, 0.05) is 24.3 Å².